The second kappa shape index (κ2) is 5.66. The maximum Gasteiger partial charge on any atom is 0.248 e. The first-order chi connectivity index (χ1) is 10.5. The van der Waals surface area contributed by atoms with Crippen molar-refractivity contribution >= 4 is 11.3 Å². The molecule has 0 N–H and O–H groups in total. The molecular weight excluding hydrogens is 290 g/mol. The van der Waals surface area contributed by atoms with Gasteiger partial charge >= 0.3 is 0 Å². The van der Waals surface area contributed by atoms with Crippen molar-refractivity contribution in [3.63, 3.8) is 0 Å². The average Bonchev–Trinajstić information content (AvgIpc) is 2.92. The van der Waals surface area contributed by atoms with E-state index in [2.05, 4.69) is 5.10 Å². The molecule has 0 amide bonds. The number of Topliss-reactive ketones (excluding diaryl/α,β-unsaturated/α-hetero) is 1. The minimum Gasteiger partial charge on any atom is -0.489 e. The maximum atomic E-state index is 13.1. The Labute approximate surface area is 127 Å². The Morgan fingerprint density at radius 3 is 2.82 bits per heavy atom. The van der Waals surface area contributed by atoms with Gasteiger partial charge in [0.2, 0.25) is 5.92 Å². The van der Waals surface area contributed by atoms with E-state index < -0.39 is 5.92 Å². The topological polar surface area (TPSA) is 43.6 Å². The summed E-state index contributed by atoms with van der Waals surface area (Å²) in [6.45, 7) is 1.81. The molecule has 2 aromatic rings. The van der Waals surface area contributed by atoms with Gasteiger partial charge in [-0.25, -0.2) is 13.3 Å². The van der Waals surface area contributed by atoms with Crippen molar-refractivity contribution < 1.29 is 18.3 Å². The zero-order valence-corrected chi connectivity index (χ0v) is 12.4. The van der Waals surface area contributed by atoms with Crippen LogP contribution in [0, 0.1) is 0 Å². The molecular formula is C16H18F2N2O2. The van der Waals surface area contributed by atoms with Crippen LogP contribution in [0.5, 0.6) is 5.75 Å². The Kier molecular flexibility index (Phi) is 3.85. The monoisotopic (exact) mass is 308 g/mol. The van der Waals surface area contributed by atoms with Crippen LogP contribution in [0.2, 0.25) is 0 Å². The second-order valence-corrected chi connectivity index (χ2v) is 5.70. The Morgan fingerprint density at radius 2 is 2.14 bits per heavy atom. The van der Waals surface area contributed by atoms with Crippen LogP contribution in [0.3, 0.4) is 0 Å². The van der Waals surface area contributed by atoms with Crippen molar-refractivity contribution in [3.05, 3.63) is 30.1 Å². The molecule has 3 rings (SSSR count). The second-order valence-electron chi connectivity index (χ2n) is 5.70. The molecule has 0 spiro atoms. The number of aromatic nitrogens is 2. The highest BCUT2D eigenvalue weighted by molar-refractivity contribution is 6.01. The number of halogens is 2. The number of alkyl halides is 2. The van der Waals surface area contributed by atoms with Gasteiger partial charge in [0.25, 0.3) is 0 Å². The van der Waals surface area contributed by atoms with E-state index in [9.17, 15) is 13.6 Å². The van der Waals surface area contributed by atoms with Gasteiger partial charge < -0.3 is 4.74 Å². The summed E-state index contributed by atoms with van der Waals surface area (Å²) in [7, 11) is 0. The summed E-state index contributed by atoms with van der Waals surface area (Å²) >= 11 is 0. The Balaban J connectivity index is 1.75. The fourth-order valence-electron chi connectivity index (χ4n) is 2.76. The molecule has 1 fully saturated rings. The van der Waals surface area contributed by atoms with E-state index in [1.807, 2.05) is 6.92 Å². The molecule has 0 unspecified atom stereocenters. The molecule has 1 saturated carbocycles. The first-order valence-electron chi connectivity index (χ1n) is 7.53. The summed E-state index contributed by atoms with van der Waals surface area (Å²) in [4.78, 5) is 11.8. The average molecular weight is 308 g/mol. The van der Waals surface area contributed by atoms with Crippen LogP contribution >= 0.6 is 0 Å². The number of fused-ring (bicyclic) bond motifs is 1. The number of nitrogens with zero attached hydrogens (tertiary/aromatic N) is 2. The number of carbonyl (C=O) groups is 1. The van der Waals surface area contributed by atoms with Crippen molar-refractivity contribution in [1.29, 1.82) is 0 Å². The first-order valence-corrected chi connectivity index (χ1v) is 7.53. The summed E-state index contributed by atoms with van der Waals surface area (Å²) in [5.41, 5.74) is 1.32. The van der Waals surface area contributed by atoms with E-state index in [0.29, 0.717) is 30.6 Å². The SMILES string of the molecule is CCC(=O)c1cnn2cc(OC3CCC(F)(F)CC3)ccc12. The molecule has 4 nitrogen and oxygen atoms in total. The molecule has 0 saturated heterocycles. The smallest absolute Gasteiger partial charge is 0.248 e. The number of hydrogen-bond donors (Lipinski definition) is 0. The predicted octanol–water partition coefficient (Wildman–Crippen LogP) is 3.88. The summed E-state index contributed by atoms with van der Waals surface area (Å²) in [5, 5.41) is 4.16. The van der Waals surface area contributed by atoms with Crippen molar-refractivity contribution in [3.8, 4) is 5.75 Å². The molecule has 2 aromatic heterocycles. The highest BCUT2D eigenvalue weighted by Gasteiger charge is 2.35. The lowest BCUT2D eigenvalue weighted by Crippen LogP contribution is -2.30. The largest absolute Gasteiger partial charge is 0.489 e. The van der Waals surface area contributed by atoms with E-state index in [0.717, 1.165) is 5.52 Å². The Hall–Kier alpha value is -1.98. The number of hydrogen-bond acceptors (Lipinski definition) is 3. The van der Waals surface area contributed by atoms with Crippen LogP contribution in [0.15, 0.2) is 24.5 Å². The molecule has 118 valence electrons. The molecule has 0 radical (unpaired) electrons. The van der Waals surface area contributed by atoms with Crippen molar-refractivity contribution in [1.82, 2.24) is 9.61 Å². The van der Waals surface area contributed by atoms with Crippen molar-refractivity contribution in [2.45, 2.75) is 51.1 Å². The molecule has 0 aliphatic heterocycles. The van der Waals surface area contributed by atoms with Crippen LogP contribution in [-0.4, -0.2) is 27.4 Å². The summed E-state index contributed by atoms with van der Waals surface area (Å²) < 4.78 is 33.6. The van der Waals surface area contributed by atoms with E-state index in [-0.39, 0.29) is 24.7 Å². The van der Waals surface area contributed by atoms with Gasteiger partial charge in [-0.15, -0.1) is 0 Å². The summed E-state index contributed by atoms with van der Waals surface area (Å²) in [5.74, 6) is -1.93. The van der Waals surface area contributed by atoms with Crippen LogP contribution in [0.4, 0.5) is 8.78 Å². The number of pyridine rings is 1. The van der Waals surface area contributed by atoms with Gasteiger partial charge in [-0.3, -0.25) is 4.79 Å². The lowest BCUT2D eigenvalue weighted by atomic mass is 9.94. The molecule has 0 aromatic carbocycles. The fourth-order valence-corrected chi connectivity index (χ4v) is 2.76. The van der Waals surface area contributed by atoms with Gasteiger partial charge in [-0.2, -0.15) is 5.10 Å². The molecule has 0 atom stereocenters. The highest BCUT2D eigenvalue weighted by atomic mass is 19.3. The third kappa shape index (κ3) is 2.96. The standard InChI is InChI=1S/C16H18F2N2O2/c1-2-15(21)13-9-19-20-10-12(3-4-14(13)20)22-11-5-7-16(17,18)8-6-11/h3-4,9-11H,2,5-8H2,1H3. The van der Waals surface area contributed by atoms with Crippen molar-refractivity contribution in [2.75, 3.05) is 0 Å². The fraction of sp³-hybridized carbons (Fsp3) is 0.500. The molecule has 2 heterocycles. The van der Waals surface area contributed by atoms with Gasteiger partial charge in [0.05, 0.1) is 29.6 Å². The number of ether oxygens (including phenoxy) is 1. The normalized spacial score (nSPS) is 18.5. The molecule has 1 aliphatic rings. The maximum absolute atomic E-state index is 13.1. The summed E-state index contributed by atoms with van der Waals surface area (Å²) in [6.07, 6.45) is 3.92. The zero-order valence-electron chi connectivity index (χ0n) is 12.4. The van der Waals surface area contributed by atoms with E-state index in [1.54, 1.807) is 29.0 Å². The Bertz CT molecular complexity index is 687. The minimum atomic E-state index is -2.55. The van der Waals surface area contributed by atoms with Crippen molar-refractivity contribution in [2.24, 2.45) is 0 Å². The lowest BCUT2D eigenvalue weighted by molar-refractivity contribution is -0.0583. The quantitative estimate of drug-likeness (QED) is 0.805. The van der Waals surface area contributed by atoms with Crippen LogP contribution in [-0.2, 0) is 0 Å². The minimum absolute atomic E-state index is 0.0400. The van der Waals surface area contributed by atoms with Gasteiger partial charge in [0.15, 0.2) is 5.78 Å². The van der Waals surface area contributed by atoms with E-state index in [1.165, 1.54) is 0 Å². The van der Waals surface area contributed by atoms with Crippen LogP contribution in [0.25, 0.3) is 5.52 Å². The van der Waals surface area contributed by atoms with E-state index in [4.69, 9.17) is 4.74 Å². The van der Waals surface area contributed by atoms with Crippen LogP contribution in [0.1, 0.15) is 49.4 Å². The molecule has 22 heavy (non-hydrogen) atoms. The highest BCUT2D eigenvalue weighted by Crippen LogP contribution is 2.34. The molecule has 0 bridgehead atoms. The lowest BCUT2D eigenvalue weighted by Gasteiger charge is -2.28. The third-order valence-electron chi connectivity index (χ3n) is 4.08. The number of rotatable bonds is 4. The Morgan fingerprint density at radius 1 is 1.41 bits per heavy atom. The van der Waals surface area contributed by atoms with E-state index >= 15 is 0 Å². The van der Waals surface area contributed by atoms with Gasteiger partial charge in [0, 0.05) is 19.3 Å². The molecule has 1 aliphatic carbocycles. The number of ketones is 1. The third-order valence-corrected chi connectivity index (χ3v) is 4.08. The zero-order chi connectivity index (χ0) is 15.7. The first kappa shape index (κ1) is 14.9. The van der Waals surface area contributed by atoms with Gasteiger partial charge in [-0.1, -0.05) is 6.92 Å². The summed E-state index contributed by atoms with van der Waals surface area (Å²) in [6, 6.07) is 3.54. The van der Waals surface area contributed by atoms with Gasteiger partial charge in [0.1, 0.15) is 5.75 Å². The number of carbonyl (C=O) groups excluding carboxylic acids is 1. The van der Waals surface area contributed by atoms with Gasteiger partial charge in [-0.05, 0) is 25.0 Å². The molecule has 6 heteroatoms. The van der Waals surface area contributed by atoms with Crippen LogP contribution < -0.4 is 4.74 Å². The predicted molar refractivity (Wildman–Crippen MR) is 77.6 cm³/mol.